The van der Waals surface area contributed by atoms with E-state index < -0.39 is 46.0 Å². The molecule has 3 unspecified atom stereocenters. The van der Waals surface area contributed by atoms with E-state index in [-0.39, 0.29) is 0 Å². The molecule has 4 saturated carbocycles. The van der Waals surface area contributed by atoms with Crippen molar-refractivity contribution in [3.05, 3.63) is 0 Å². The molecule has 5 nitrogen and oxygen atoms in total. The molecule has 4 aliphatic rings. The van der Waals surface area contributed by atoms with Crippen LogP contribution in [0.3, 0.4) is 0 Å². The van der Waals surface area contributed by atoms with Gasteiger partial charge in [0.2, 0.25) is 0 Å². The zero-order valence-corrected chi connectivity index (χ0v) is 14.6. The minimum atomic E-state index is -5.84. The largest absolute Gasteiger partial charge is 0.465 e. The Morgan fingerprint density at radius 1 is 1.16 bits per heavy atom. The van der Waals surface area contributed by atoms with Gasteiger partial charge in [0.05, 0.1) is 12.0 Å². The summed E-state index contributed by atoms with van der Waals surface area (Å²) in [5.41, 5.74) is -0.593. The molecule has 4 fully saturated rings. The van der Waals surface area contributed by atoms with Crippen molar-refractivity contribution in [3.63, 3.8) is 0 Å². The summed E-state index contributed by atoms with van der Waals surface area (Å²) in [5.74, 6) is 0.981. The summed E-state index contributed by atoms with van der Waals surface area (Å²) in [5, 5.41) is -4.91. The molecule has 0 aromatic heterocycles. The van der Waals surface area contributed by atoms with Crippen LogP contribution in [0.5, 0.6) is 0 Å². The van der Waals surface area contributed by atoms with Gasteiger partial charge in [-0.3, -0.25) is 9.35 Å². The van der Waals surface area contributed by atoms with E-state index in [1.54, 1.807) is 0 Å². The maximum atomic E-state index is 13.5. The minimum Gasteiger partial charge on any atom is -0.465 e. The number of hydrogen-bond donors (Lipinski definition) is 1. The Bertz CT molecular complexity index is 620. The Morgan fingerprint density at radius 3 is 2.20 bits per heavy atom. The van der Waals surface area contributed by atoms with Gasteiger partial charge in [-0.25, -0.2) is 4.39 Å². The van der Waals surface area contributed by atoms with E-state index in [0.717, 1.165) is 44.9 Å². The van der Waals surface area contributed by atoms with Crippen LogP contribution < -0.4 is 0 Å². The fourth-order valence-corrected chi connectivity index (χ4v) is 5.62. The zero-order valence-electron chi connectivity index (χ0n) is 13.8. The third-order valence-corrected chi connectivity index (χ3v) is 7.04. The summed E-state index contributed by atoms with van der Waals surface area (Å²) in [4.78, 5) is 12.6. The van der Waals surface area contributed by atoms with Gasteiger partial charge >= 0.3 is 21.3 Å². The second-order valence-electron chi connectivity index (χ2n) is 7.97. The molecule has 0 saturated heterocycles. The van der Waals surface area contributed by atoms with Crippen molar-refractivity contribution >= 4 is 16.1 Å². The van der Waals surface area contributed by atoms with Crippen molar-refractivity contribution in [2.45, 2.75) is 62.8 Å². The molecule has 4 bridgehead atoms. The molecule has 0 heterocycles. The van der Waals surface area contributed by atoms with Gasteiger partial charge < -0.3 is 4.74 Å². The van der Waals surface area contributed by atoms with Gasteiger partial charge in [0.1, 0.15) is 0 Å². The molecule has 25 heavy (non-hydrogen) atoms. The zero-order chi connectivity index (χ0) is 18.5. The number of rotatable bonds is 6. The Morgan fingerprint density at radius 2 is 1.68 bits per heavy atom. The van der Waals surface area contributed by atoms with E-state index in [0.29, 0.717) is 17.8 Å². The first-order valence-electron chi connectivity index (χ1n) is 8.69. The van der Waals surface area contributed by atoms with Gasteiger partial charge in [-0.2, -0.15) is 17.2 Å². The summed E-state index contributed by atoms with van der Waals surface area (Å²) in [6.07, 6.45) is 2.54. The second-order valence-corrected chi connectivity index (χ2v) is 9.46. The number of hydrogen-bond acceptors (Lipinski definition) is 4. The number of carbonyl (C=O) groups excluding carboxylic acids is 1. The number of esters is 1. The van der Waals surface area contributed by atoms with Crippen molar-refractivity contribution in [1.82, 2.24) is 0 Å². The van der Waals surface area contributed by atoms with E-state index in [4.69, 9.17) is 9.29 Å². The van der Waals surface area contributed by atoms with Gasteiger partial charge in [-0.05, 0) is 49.9 Å². The molecule has 144 valence electrons. The van der Waals surface area contributed by atoms with Gasteiger partial charge in [-0.1, -0.05) is 12.8 Å². The van der Waals surface area contributed by atoms with Crippen LogP contribution in [-0.2, 0) is 19.6 Å². The molecule has 3 atom stereocenters. The van der Waals surface area contributed by atoms with Gasteiger partial charge in [0.25, 0.3) is 0 Å². The molecule has 9 heteroatoms. The lowest BCUT2D eigenvalue weighted by Crippen LogP contribution is -2.44. The highest BCUT2D eigenvalue weighted by Gasteiger charge is 2.54. The highest BCUT2D eigenvalue weighted by atomic mass is 32.2. The molecule has 4 rings (SSSR count). The Kier molecular flexibility index (Phi) is 4.85. The normalized spacial score (nSPS) is 36.1. The smallest absolute Gasteiger partial charge is 0.400 e. The second kappa shape index (κ2) is 6.40. The molecule has 0 spiro atoms. The van der Waals surface area contributed by atoms with Crippen LogP contribution >= 0.6 is 0 Å². The average Bonchev–Trinajstić information content (AvgIpc) is 2.72. The third kappa shape index (κ3) is 3.54. The summed E-state index contributed by atoms with van der Waals surface area (Å²) in [7, 11) is -5.84. The van der Waals surface area contributed by atoms with Crippen LogP contribution in [-0.4, -0.2) is 37.0 Å². The first-order valence-corrected chi connectivity index (χ1v) is 10.1. The standard InChI is InChI=1S/C16H23F3O5S/c17-13(16(18,19)25(21,22)23)3-4-24-14(20)15-7-10-1-2-11(8-15)6-12(5-10)9-15/h10-13H,1-9H2,(H,21,22,23). The lowest BCUT2D eigenvalue weighted by atomic mass is 9.58. The number of halogens is 3. The van der Waals surface area contributed by atoms with Crippen molar-refractivity contribution in [2.75, 3.05) is 6.61 Å². The molecule has 0 amide bonds. The van der Waals surface area contributed by atoms with Crippen molar-refractivity contribution in [2.24, 2.45) is 23.2 Å². The van der Waals surface area contributed by atoms with Crippen LogP contribution in [0.2, 0.25) is 0 Å². The summed E-state index contributed by atoms with van der Waals surface area (Å²) < 4.78 is 74.3. The van der Waals surface area contributed by atoms with Crippen LogP contribution in [0.4, 0.5) is 13.2 Å². The maximum Gasteiger partial charge on any atom is 0.400 e. The summed E-state index contributed by atoms with van der Waals surface area (Å²) in [6, 6.07) is 0. The van der Waals surface area contributed by atoms with E-state index in [1.807, 2.05) is 0 Å². The Labute approximate surface area is 145 Å². The van der Waals surface area contributed by atoms with Crippen molar-refractivity contribution in [3.8, 4) is 0 Å². The van der Waals surface area contributed by atoms with Crippen molar-refractivity contribution < 1.29 is 35.7 Å². The molecule has 0 aromatic carbocycles. The molecule has 0 aromatic rings. The van der Waals surface area contributed by atoms with Gasteiger partial charge in [0.15, 0.2) is 6.17 Å². The molecule has 4 aliphatic carbocycles. The Balaban J connectivity index is 1.58. The predicted octanol–water partition coefficient (Wildman–Crippen LogP) is 3.34. The first-order chi connectivity index (χ1) is 11.5. The number of carbonyl (C=O) groups is 1. The quantitative estimate of drug-likeness (QED) is 0.561. The lowest BCUT2D eigenvalue weighted by Gasteiger charge is -2.46. The maximum absolute atomic E-state index is 13.5. The fraction of sp³-hybridized carbons (Fsp3) is 0.938. The molecule has 1 N–H and O–H groups in total. The average molecular weight is 384 g/mol. The lowest BCUT2D eigenvalue weighted by molar-refractivity contribution is -0.165. The van der Waals surface area contributed by atoms with E-state index in [1.165, 1.54) is 0 Å². The molecular formula is C16H23F3O5S. The minimum absolute atomic E-state index is 0.476. The number of ether oxygens (including phenoxy) is 1. The molecule has 0 aliphatic heterocycles. The molecule has 0 radical (unpaired) electrons. The van der Waals surface area contributed by atoms with Gasteiger partial charge in [-0.15, -0.1) is 0 Å². The number of fused-ring (bicyclic) bond motifs is 1. The van der Waals surface area contributed by atoms with E-state index >= 15 is 0 Å². The fourth-order valence-electron chi connectivity index (χ4n) is 5.18. The Hall–Kier alpha value is -0.830. The van der Waals surface area contributed by atoms with Gasteiger partial charge in [0, 0.05) is 6.42 Å². The van der Waals surface area contributed by atoms with Crippen LogP contribution in [0.25, 0.3) is 0 Å². The monoisotopic (exact) mass is 384 g/mol. The highest BCUT2D eigenvalue weighted by Crippen LogP contribution is 2.58. The molecular weight excluding hydrogens is 361 g/mol. The van der Waals surface area contributed by atoms with E-state index in [9.17, 15) is 26.4 Å². The summed E-state index contributed by atoms with van der Waals surface area (Å²) in [6.45, 7) is -0.632. The van der Waals surface area contributed by atoms with Crippen molar-refractivity contribution in [1.29, 1.82) is 0 Å². The topological polar surface area (TPSA) is 80.7 Å². The predicted molar refractivity (Wildman–Crippen MR) is 82.2 cm³/mol. The van der Waals surface area contributed by atoms with Crippen LogP contribution in [0, 0.1) is 23.2 Å². The SMILES string of the molecule is O=C(OCCC(F)C(F)(F)S(=O)(=O)O)C12CC3CCC(CC(C3)C1)C2. The van der Waals surface area contributed by atoms with E-state index in [2.05, 4.69) is 0 Å². The number of alkyl halides is 3. The third-order valence-electron chi connectivity index (χ3n) is 6.10. The van der Waals surface area contributed by atoms with Crippen LogP contribution in [0.15, 0.2) is 0 Å². The van der Waals surface area contributed by atoms with Crippen LogP contribution in [0.1, 0.15) is 51.4 Å². The summed E-state index contributed by atoms with van der Waals surface area (Å²) >= 11 is 0. The first kappa shape index (κ1) is 18.9. The highest BCUT2D eigenvalue weighted by molar-refractivity contribution is 7.86.